The Morgan fingerprint density at radius 3 is 2.38 bits per heavy atom. The summed E-state index contributed by atoms with van der Waals surface area (Å²) < 4.78 is 65.3. The standard InChI is InChI=1S/C17H14F3NO3S2/c18-17(19,20)11-5-7-12(8-6-11)26(23,24)21-9-15(22)14-10-25-16-4-2-1-3-13(14)16/h1-8,10,15,21-22H,9H2. The number of rotatable bonds is 5. The minimum atomic E-state index is -4.54. The molecule has 0 amide bonds. The third kappa shape index (κ3) is 3.90. The first-order chi connectivity index (χ1) is 12.2. The van der Waals surface area contributed by atoms with E-state index in [0.29, 0.717) is 17.7 Å². The van der Waals surface area contributed by atoms with Crippen LogP contribution in [0.4, 0.5) is 13.2 Å². The van der Waals surface area contributed by atoms with Crippen LogP contribution in [-0.2, 0) is 16.2 Å². The lowest BCUT2D eigenvalue weighted by Crippen LogP contribution is -2.28. The highest BCUT2D eigenvalue weighted by Gasteiger charge is 2.30. The first-order valence-corrected chi connectivity index (χ1v) is 9.86. The molecule has 3 aromatic rings. The minimum Gasteiger partial charge on any atom is -0.387 e. The van der Waals surface area contributed by atoms with E-state index in [9.17, 15) is 26.7 Å². The maximum absolute atomic E-state index is 12.6. The van der Waals surface area contributed by atoms with Crippen molar-refractivity contribution >= 4 is 31.4 Å². The first-order valence-electron chi connectivity index (χ1n) is 7.49. The van der Waals surface area contributed by atoms with Crippen LogP contribution in [0.2, 0.25) is 0 Å². The summed E-state index contributed by atoms with van der Waals surface area (Å²) in [6.07, 6.45) is -5.61. The van der Waals surface area contributed by atoms with E-state index < -0.39 is 27.9 Å². The van der Waals surface area contributed by atoms with Crippen LogP contribution in [-0.4, -0.2) is 20.1 Å². The fourth-order valence-electron chi connectivity index (χ4n) is 2.46. The highest BCUT2D eigenvalue weighted by Crippen LogP contribution is 2.31. The van der Waals surface area contributed by atoms with Crippen molar-refractivity contribution in [2.45, 2.75) is 17.2 Å². The summed E-state index contributed by atoms with van der Waals surface area (Å²) >= 11 is 1.43. The summed E-state index contributed by atoms with van der Waals surface area (Å²) in [5.41, 5.74) is -0.332. The number of halogens is 3. The molecule has 1 unspecified atom stereocenters. The van der Waals surface area contributed by atoms with Crippen LogP contribution in [0.1, 0.15) is 17.2 Å². The molecule has 0 fully saturated rings. The lowest BCUT2D eigenvalue weighted by molar-refractivity contribution is -0.137. The summed E-state index contributed by atoms with van der Waals surface area (Å²) in [4.78, 5) is -0.298. The highest BCUT2D eigenvalue weighted by atomic mass is 32.2. The number of fused-ring (bicyclic) bond motifs is 1. The monoisotopic (exact) mass is 401 g/mol. The molecule has 138 valence electrons. The molecule has 9 heteroatoms. The maximum atomic E-state index is 12.6. The first kappa shape index (κ1) is 18.8. The van der Waals surface area contributed by atoms with Crippen molar-refractivity contribution in [1.29, 1.82) is 0 Å². The van der Waals surface area contributed by atoms with Gasteiger partial charge in [0.15, 0.2) is 0 Å². The zero-order chi connectivity index (χ0) is 18.9. The van der Waals surface area contributed by atoms with Crippen molar-refractivity contribution in [3.8, 4) is 0 Å². The zero-order valence-corrected chi connectivity index (χ0v) is 14.8. The second-order valence-electron chi connectivity index (χ2n) is 5.58. The molecule has 0 saturated carbocycles. The van der Waals surface area contributed by atoms with Gasteiger partial charge in [-0.1, -0.05) is 18.2 Å². The lowest BCUT2D eigenvalue weighted by Gasteiger charge is -2.13. The number of hydrogen-bond acceptors (Lipinski definition) is 4. The Bertz CT molecular complexity index is 1010. The molecular formula is C17H14F3NO3S2. The molecule has 0 aliphatic carbocycles. The molecule has 0 saturated heterocycles. The molecule has 2 aromatic carbocycles. The predicted molar refractivity (Wildman–Crippen MR) is 93.4 cm³/mol. The molecule has 3 rings (SSSR count). The van der Waals surface area contributed by atoms with E-state index in [1.807, 2.05) is 24.3 Å². The number of nitrogens with one attached hydrogen (secondary N) is 1. The third-order valence-electron chi connectivity index (χ3n) is 3.83. The van der Waals surface area contributed by atoms with Crippen molar-refractivity contribution in [2.75, 3.05) is 6.54 Å². The number of aliphatic hydroxyl groups is 1. The average Bonchev–Trinajstić information content (AvgIpc) is 3.03. The Hall–Kier alpha value is -1.94. The smallest absolute Gasteiger partial charge is 0.387 e. The number of thiophene rings is 1. The Labute approximate surface area is 152 Å². The van der Waals surface area contributed by atoms with Crippen LogP contribution in [0, 0.1) is 0 Å². The summed E-state index contributed by atoms with van der Waals surface area (Å²) in [5.74, 6) is 0. The van der Waals surface area contributed by atoms with Crippen LogP contribution >= 0.6 is 11.3 Å². The number of aliphatic hydroxyl groups excluding tert-OH is 1. The van der Waals surface area contributed by atoms with Gasteiger partial charge < -0.3 is 5.11 Å². The number of benzene rings is 2. The molecule has 0 radical (unpaired) electrons. The summed E-state index contributed by atoms with van der Waals surface area (Å²) in [5, 5.41) is 12.9. The van der Waals surface area contributed by atoms with Crippen molar-refractivity contribution in [1.82, 2.24) is 4.72 Å². The summed E-state index contributed by atoms with van der Waals surface area (Å²) in [6.45, 7) is -0.288. The highest BCUT2D eigenvalue weighted by molar-refractivity contribution is 7.89. The van der Waals surface area contributed by atoms with E-state index in [1.165, 1.54) is 11.3 Å². The van der Waals surface area contributed by atoms with Crippen molar-refractivity contribution in [2.24, 2.45) is 0 Å². The fourth-order valence-corrected chi connectivity index (χ4v) is 4.51. The van der Waals surface area contributed by atoms with Gasteiger partial charge in [-0.2, -0.15) is 13.2 Å². The van der Waals surface area contributed by atoms with Gasteiger partial charge in [0.25, 0.3) is 0 Å². The Balaban J connectivity index is 1.73. The molecule has 0 aliphatic heterocycles. The molecule has 26 heavy (non-hydrogen) atoms. The largest absolute Gasteiger partial charge is 0.416 e. The van der Waals surface area contributed by atoms with Gasteiger partial charge in [-0.3, -0.25) is 0 Å². The van der Waals surface area contributed by atoms with Crippen LogP contribution in [0.5, 0.6) is 0 Å². The van der Waals surface area contributed by atoms with E-state index in [0.717, 1.165) is 22.2 Å². The van der Waals surface area contributed by atoms with Crippen molar-refractivity contribution in [3.05, 3.63) is 65.0 Å². The second kappa shape index (κ2) is 6.99. The zero-order valence-electron chi connectivity index (χ0n) is 13.2. The van der Waals surface area contributed by atoms with Gasteiger partial charge in [-0.05, 0) is 41.1 Å². The Morgan fingerprint density at radius 2 is 1.73 bits per heavy atom. The second-order valence-corrected chi connectivity index (χ2v) is 8.26. The Morgan fingerprint density at radius 1 is 1.08 bits per heavy atom. The lowest BCUT2D eigenvalue weighted by atomic mass is 10.1. The predicted octanol–water partition coefficient (Wildman–Crippen LogP) is 3.93. The van der Waals surface area contributed by atoms with Crippen molar-refractivity contribution < 1.29 is 26.7 Å². The van der Waals surface area contributed by atoms with Gasteiger partial charge in [0.05, 0.1) is 16.6 Å². The number of alkyl halides is 3. The normalized spacial score (nSPS) is 13.8. The molecule has 1 atom stereocenters. The van der Waals surface area contributed by atoms with Gasteiger partial charge in [0, 0.05) is 16.8 Å². The van der Waals surface area contributed by atoms with Crippen LogP contribution < -0.4 is 4.72 Å². The van der Waals surface area contributed by atoms with Gasteiger partial charge in [0.1, 0.15) is 0 Å². The van der Waals surface area contributed by atoms with Crippen molar-refractivity contribution in [3.63, 3.8) is 0 Å². The number of hydrogen-bond donors (Lipinski definition) is 2. The van der Waals surface area contributed by atoms with Crippen LogP contribution in [0.25, 0.3) is 10.1 Å². The van der Waals surface area contributed by atoms with Gasteiger partial charge in [-0.25, -0.2) is 13.1 Å². The minimum absolute atomic E-state index is 0.288. The molecule has 1 heterocycles. The van der Waals surface area contributed by atoms with Crippen LogP contribution in [0.3, 0.4) is 0 Å². The van der Waals surface area contributed by atoms with E-state index in [4.69, 9.17) is 0 Å². The quantitative estimate of drug-likeness (QED) is 0.681. The summed E-state index contributed by atoms with van der Waals surface area (Å²) in [7, 11) is -4.04. The van der Waals surface area contributed by atoms with Gasteiger partial charge >= 0.3 is 6.18 Å². The summed E-state index contributed by atoms with van der Waals surface area (Å²) in [6, 6.07) is 10.6. The topological polar surface area (TPSA) is 66.4 Å². The van der Waals surface area contributed by atoms with Gasteiger partial charge in [0.2, 0.25) is 10.0 Å². The Kier molecular flexibility index (Phi) is 5.07. The van der Waals surface area contributed by atoms with Gasteiger partial charge in [-0.15, -0.1) is 11.3 Å². The molecule has 1 aromatic heterocycles. The number of sulfonamides is 1. The molecule has 0 spiro atoms. The van der Waals surface area contributed by atoms with E-state index in [2.05, 4.69) is 4.72 Å². The average molecular weight is 401 g/mol. The van der Waals surface area contributed by atoms with E-state index >= 15 is 0 Å². The molecule has 0 aliphatic rings. The maximum Gasteiger partial charge on any atom is 0.416 e. The fraction of sp³-hybridized carbons (Fsp3) is 0.176. The van der Waals surface area contributed by atoms with E-state index in [1.54, 1.807) is 5.38 Å². The molecule has 4 nitrogen and oxygen atoms in total. The van der Waals surface area contributed by atoms with Crippen LogP contribution in [0.15, 0.2) is 58.8 Å². The van der Waals surface area contributed by atoms with E-state index in [-0.39, 0.29) is 11.4 Å². The third-order valence-corrected chi connectivity index (χ3v) is 6.25. The SMILES string of the molecule is O=S(=O)(NCC(O)c1csc2ccccc12)c1ccc(C(F)(F)F)cc1. The molecular weight excluding hydrogens is 387 g/mol. The molecule has 0 bridgehead atoms. The molecule has 2 N–H and O–H groups in total.